The van der Waals surface area contributed by atoms with Gasteiger partial charge in [-0.15, -0.1) is 0 Å². The van der Waals surface area contributed by atoms with E-state index in [-0.39, 0.29) is 23.2 Å². The molecule has 0 aromatic carbocycles. The van der Waals surface area contributed by atoms with Gasteiger partial charge in [-0.1, -0.05) is 0 Å². The van der Waals surface area contributed by atoms with Gasteiger partial charge in [0.05, 0.1) is 12.2 Å². The first kappa shape index (κ1) is 16.8. The average molecular weight is 359 g/mol. The van der Waals surface area contributed by atoms with Crippen molar-refractivity contribution in [2.24, 2.45) is 0 Å². The molecule has 0 saturated carbocycles. The number of amides is 1. The Morgan fingerprint density at radius 3 is 2.65 bits per heavy atom. The minimum absolute atomic E-state index is 0.00948. The van der Waals surface area contributed by atoms with E-state index in [4.69, 9.17) is 5.11 Å². The van der Waals surface area contributed by atoms with Crippen LogP contribution in [0.15, 0.2) is 27.9 Å². The number of piperidine rings is 1. The molecule has 0 spiro atoms. The number of aryl methyl sites for hydroxylation is 1. The molecule has 2 aromatic rings. The lowest BCUT2D eigenvalue weighted by molar-refractivity contribution is 0.152. The van der Waals surface area contributed by atoms with Crippen LogP contribution in [0.25, 0.3) is 11.2 Å². The van der Waals surface area contributed by atoms with Crippen LogP contribution in [0.3, 0.4) is 0 Å². The van der Waals surface area contributed by atoms with E-state index in [2.05, 4.69) is 15.2 Å². The van der Waals surface area contributed by atoms with Crippen LogP contribution in [0.4, 0.5) is 4.79 Å². The summed E-state index contributed by atoms with van der Waals surface area (Å²) in [5.41, 5.74) is 0.948. The zero-order valence-electron chi connectivity index (χ0n) is 14.3. The Kier molecular flexibility index (Phi) is 4.23. The molecule has 0 bridgehead atoms. The first-order valence-electron chi connectivity index (χ1n) is 8.86. The topological polar surface area (TPSA) is 109 Å². The molecule has 138 valence electrons. The molecule has 2 N–H and O–H groups in total. The molecule has 1 amide bonds. The molecule has 4 rings (SSSR count). The van der Waals surface area contributed by atoms with Gasteiger partial charge in [0.2, 0.25) is 0 Å². The second-order valence-electron chi connectivity index (χ2n) is 6.97. The van der Waals surface area contributed by atoms with Gasteiger partial charge >= 0.3 is 6.09 Å². The van der Waals surface area contributed by atoms with Crippen molar-refractivity contribution in [3.63, 3.8) is 0 Å². The monoisotopic (exact) mass is 359 g/mol. The number of carbonyl (C=O) groups is 1. The van der Waals surface area contributed by atoms with Gasteiger partial charge in [-0.25, -0.2) is 9.78 Å². The Labute approximate surface area is 148 Å². The molecule has 0 aliphatic carbocycles. The van der Waals surface area contributed by atoms with Gasteiger partial charge in [-0.3, -0.25) is 18.7 Å². The van der Waals surface area contributed by atoms with Crippen molar-refractivity contribution < 1.29 is 9.90 Å². The van der Waals surface area contributed by atoms with Crippen LogP contribution >= 0.6 is 0 Å². The van der Waals surface area contributed by atoms with E-state index in [0.717, 1.165) is 25.9 Å². The number of likely N-dealkylation sites (tertiary alicyclic amines) is 1. The molecule has 1 saturated heterocycles. The summed E-state index contributed by atoms with van der Waals surface area (Å²) in [5.74, 6) is 0. The van der Waals surface area contributed by atoms with E-state index in [1.165, 1.54) is 12.3 Å². The minimum Gasteiger partial charge on any atom is -0.465 e. The van der Waals surface area contributed by atoms with E-state index in [1.807, 2.05) is 0 Å². The molecular weight excluding hydrogens is 338 g/mol. The van der Waals surface area contributed by atoms with Gasteiger partial charge in [0.25, 0.3) is 11.1 Å². The van der Waals surface area contributed by atoms with Crippen molar-refractivity contribution in [2.75, 3.05) is 19.6 Å². The van der Waals surface area contributed by atoms with Crippen molar-refractivity contribution in [3.8, 4) is 0 Å². The van der Waals surface area contributed by atoms with Crippen molar-refractivity contribution >= 4 is 17.3 Å². The first-order chi connectivity index (χ1) is 12.5. The SMILES string of the molecule is O=C(O)NC1CCN(C[C@@H]2CCn3c(=O)ccc4ncc(=O)n2c43)CC1. The number of pyridine rings is 1. The van der Waals surface area contributed by atoms with Crippen molar-refractivity contribution in [1.29, 1.82) is 0 Å². The fourth-order valence-corrected chi connectivity index (χ4v) is 4.08. The highest BCUT2D eigenvalue weighted by Gasteiger charge is 2.27. The summed E-state index contributed by atoms with van der Waals surface area (Å²) in [6.07, 6.45) is 2.57. The number of aromatic nitrogens is 3. The maximum absolute atomic E-state index is 12.5. The van der Waals surface area contributed by atoms with Gasteiger partial charge in [0.15, 0.2) is 0 Å². The number of hydrogen-bond acceptors (Lipinski definition) is 5. The number of rotatable bonds is 3. The molecular formula is C17H21N5O4. The largest absolute Gasteiger partial charge is 0.465 e. The van der Waals surface area contributed by atoms with E-state index in [9.17, 15) is 14.4 Å². The number of nitrogens with one attached hydrogen (secondary N) is 1. The van der Waals surface area contributed by atoms with Crippen LogP contribution < -0.4 is 16.4 Å². The minimum atomic E-state index is -0.983. The Morgan fingerprint density at radius 1 is 1.15 bits per heavy atom. The normalized spacial score (nSPS) is 21.0. The van der Waals surface area contributed by atoms with Crippen molar-refractivity contribution in [2.45, 2.75) is 37.9 Å². The smallest absolute Gasteiger partial charge is 0.404 e. The molecule has 2 aliphatic rings. The van der Waals surface area contributed by atoms with Gasteiger partial charge in [0, 0.05) is 38.3 Å². The van der Waals surface area contributed by atoms with Crippen LogP contribution in [0.5, 0.6) is 0 Å². The third kappa shape index (κ3) is 2.98. The predicted molar refractivity (Wildman–Crippen MR) is 94.5 cm³/mol. The van der Waals surface area contributed by atoms with Gasteiger partial charge in [-0.05, 0) is 25.3 Å². The summed E-state index contributed by atoms with van der Waals surface area (Å²) in [6, 6.07) is 3.13. The summed E-state index contributed by atoms with van der Waals surface area (Å²) in [6.45, 7) is 2.85. The lowest BCUT2D eigenvalue weighted by Crippen LogP contribution is -2.47. The molecule has 2 aromatic heterocycles. The van der Waals surface area contributed by atoms with E-state index in [1.54, 1.807) is 15.2 Å². The van der Waals surface area contributed by atoms with E-state index >= 15 is 0 Å². The quantitative estimate of drug-likeness (QED) is 0.812. The van der Waals surface area contributed by atoms with Gasteiger partial charge < -0.3 is 15.3 Å². The standard InChI is InChI=1S/C17H21N5O4/c23-14-2-1-13-16-21(14)8-5-12(22(16)15(24)9-18-13)10-20-6-3-11(4-7-20)19-17(25)26/h1-2,9,11-12,19H,3-8,10H2,(H,25,26)/t12-/m0/s1. The van der Waals surface area contributed by atoms with Crippen LogP contribution in [-0.4, -0.2) is 55.9 Å². The lowest BCUT2D eigenvalue weighted by atomic mass is 10.0. The molecule has 9 nitrogen and oxygen atoms in total. The number of carboxylic acid groups (broad SMARTS) is 1. The maximum atomic E-state index is 12.5. The summed E-state index contributed by atoms with van der Waals surface area (Å²) in [5, 5.41) is 11.4. The Morgan fingerprint density at radius 2 is 1.92 bits per heavy atom. The van der Waals surface area contributed by atoms with Crippen molar-refractivity contribution in [3.05, 3.63) is 39.0 Å². The summed E-state index contributed by atoms with van der Waals surface area (Å²) in [4.78, 5) is 41.8. The molecule has 4 heterocycles. The van der Waals surface area contributed by atoms with Crippen LogP contribution in [0.2, 0.25) is 0 Å². The van der Waals surface area contributed by atoms with Gasteiger partial charge in [-0.2, -0.15) is 0 Å². The highest BCUT2D eigenvalue weighted by molar-refractivity contribution is 5.70. The second-order valence-corrected chi connectivity index (χ2v) is 6.97. The molecule has 1 atom stereocenters. The molecule has 26 heavy (non-hydrogen) atoms. The maximum Gasteiger partial charge on any atom is 0.404 e. The summed E-state index contributed by atoms with van der Waals surface area (Å²) in [7, 11) is 0. The van der Waals surface area contributed by atoms with E-state index in [0.29, 0.717) is 30.7 Å². The average Bonchev–Trinajstić information content (AvgIpc) is 2.62. The van der Waals surface area contributed by atoms with Gasteiger partial charge in [0.1, 0.15) is 11.2 Å². The fourth-order valence-electron chi connectivity index (χ4n) is 4.08. The number of hydrogen-bond donors (Lipinski definition) is 2. The van der Waals surface area contributed by atoms with E-state index < -0.39 is 6.09 Å². The lowest BCUT2D eigenvalue weighted by Gasteiger charge is -2.36. The first-order valence-corrected chi connectivity index (χ1v) is 8.86. The zero-order chi connectivity index (χ0) is 18.3. The molecule has 0 unspecified atom stereocenters. The predicted octanol–water partition coefficient (Wildman–Crippen LogP) is 0.235. The molecule has 9 heteroatoms. The Hall–Kier alpha value is -2.68. The second kappa shape index (κ2) is 6.56. The van der Waals surface area contributed by atoms with Crippen LogP contribution in [0, 0.1) is 0 Å². The Bertz CT molecular complexity index is 953. The third-order valence-electron chi connectivity index (χ3n) is 5.35. The fraction of sp³-hybridized carbons (Fsp3) is 0.529. The molecule has 2 aliphatic heterocycles. The van der Waals surface area contributed by atoms with Crippen molar-refractivity contribution in [1.82, 2.24) is 24.3 Å². The Balaban J connectivity index is 1.57. The zero-order valence-corrected chi connectivity index (χ0v) is 14.3. The van der Waals surface area contributed by atoms with Crippen LogP contribution in [-0.2, 0) is 6.54 Å². The third-order valence-corrected chi connectivity index (χ3v) is 5.35. The number of nitrogens with zero attached hydrogens (tertiary/aromatic N) is 4. The summed E-state index contributed by atoms with van der Waals surface area (Å²) >= 11 is 0. The molecule has 1 fully saturated rings. The highest BCUT2D eigenvalue weighted by Crippen LogP contribution is 2.24. The van der Waals surface area contributed by atoms with Crippen LogP contribution in [0.1, 0.15) is 25.3 Å². The molecule has 0 radical (unpaired) electrons. The summed E-state index contributed by atoms with van der Waals surface area (Å²) < 4.78 is 3.33. The highest BCUT2D eigenvalue weighted by atomic mass is 16.4.